The van der Waals surface area contributed by atoms with Crippen molar-refractivity contribution >= 4 is 41.5 Å². The Morgan fingerprint density at radius 1 is 1.48 bits per heavy atom. The topological polar surface area (TPSA) is 39.7 Å². The lowest BCUT2D eigenvalue weighted by Crippen LogP contribution is -2.43. The fraction of sp³-hybridized carbons (Fsp3) is 0.562. The van der Waals surface area contributed by atoms with Gasteiger partial charge < -0.3 is 10.6 Å². The minimum Gasteiger partial charge on any atom is -0.356 e. The van der Waals surface area contributed by atoms with Crippen LogP contribution < -0.4 is 10.6 Å². The molecule has 128 valence electrons. The van der Waals surface area contributed by atoms with Crippen molar-refractivity contribution in [3.63, 3.8) is 0 Å². The van der Waals surface area contributed by atoms with Gasteiger partial charge in [0.25, 0.3) is 0 Å². The smallest absolute Gasteiger partial charge is 0.191 e. The predicted molar refractivity (Wildman–Crippen MR) is 103 cm³/mol. The van der Waals surface area contributed by atoms with Crippen molar-refractivity contribution in [2.45, 2.75) is 18.9 Å². The second-order valence-corrected chi connectivity index (χ2v) is 6.45. The number of nitrogens with one attached hydrogen (secondary N) is 2. The minimum absolute atomic E-state index is 0. The summed E-state index contributed by atoms with van der Waals surface area (Å²) in [6.45, 7) is 3.71. The summed E-state index contributed by atoms with van der Waals surface area (Å²) in [7, 11) is 2.09. The molecule has 3 rings (SSSR count). The second-order valence-electron chi connectivity index (χ2n) is 6.04. The molecule has 0 aliphatic carbocycles. The molecule has 0 spiro atoms. The van der Waals surface area contributed by atoms with E-state index in [4.69, 9.17) is 11.6 Å². The van der Waals surface area contributed by atoms with Crippen molar-refractivity contribution in [3.8, 4) is 0 Å². The van der Waals surface area contributed by atoms with Crippen molar-refractivity contribution in [1.29, 1.82) is 0 Å². The number of likely N-dealkylation sites (tertiary alicyclic amines) is 1. The fourth-order valence-electron chi connectivity index (χ4n) is 3.34. The molecule has 2 aliphatic rings. The molecule has 2 N–H and O–H groups in total. The van der Waals surface area contributed by atoms with E-state index >= 15 is 0 Å². The first-order valence-electron chi connectivity index (χ1n) is 7.82. The van der Waals surface area contributed by atoms with Crippen LogP contribution in [0, 0.1) is 11.7 Å². The van der Waals surface area contributed by atoms with Crippen LogP contribution in [0.15, 0.2) is 23.2 Å². The molecule has 4 nitrogen and oxygen atoms in total. The molecule has 1 aromatic carbocycles. The Morgan fingerprint density at radius 2 is 2.30 bits per heavy atom. The van der Waals surface area contributed by atoms with Gasteiger partial charge in [0.1, 0.15) is 5.82 Å². The van der Waals surface area contributed by atoms with E-state index < -0.39 is 0 Å². The van der Waals surface area contributed by atoms with Crippen molar-refractivity contribution in [2.24, 2.45) is 10.9 Å². The monoisotopic (exact) mass is 452 g/mol. The summed E-state index contributed by atoms with van der Waals surface area (Å²) in [5.74, 6) is 0.975. The lowest BCUT2D eigenvalue weighted by molar-refractivity contribution is 0.275. The third kappa shape index (κ3) is 4.48. The quantitative estimate of drug-likeness (QED) is 0.693. The Balaban J connectivity index is 0.00000192. The Hall–Kier alpha value is -0.600. The van der Waals surface area contributed by atoms with Crippen LogP contribution in [0.25, 0.3) is 0 Å². The van der Waals surface area contributed by atoms with Gasteiger partial charge in [0.05, 0.1) is 5.02 Å². The molecule has 7 heteroatoms. The molecule has 2 atom stereocenters. The standard InChI is InChI=1S/C16H22ClFN4.HI/c1-22-8-5-12(10-21-16-19-6-2-7-20-16)15(22)11-3-4-13(17)14(18)9-11;/h3-4,9,12,15H,2,5-8,10H2,1H3,(H2,19,20,21);1H. The van der Waals surface area contributed by atoms with E-state index in [-0.39, 0.29) is 40.9 Å². The Kier molecular flexibility index (Phi) is 6.91. The summed E-state index contributed by atoms with van der Waals surface area (Å²) < 4.78 is 13.8. The van der Waals surface area contributed by atoms with Gasteiger partial charge in [0, 0.05) is 25.7 Å². The maximum atomic E-state index is 13.8. The van der Waals surface area contributed by atoms with Gasteiger partial charge in [-0.2, -0.15) is 0 Å². The van der Waals surface area contributed by atoms with Crippen LogP contribution in [0.2, 0.25) is 5.02 Å². The normalized spacial score (nSPS) is 24.6. The molecular weight excluding hydrogens is 430 g/mol. The van der Waals surface area contributed by atoms with E-state index in [1.54, 1.807) is 12.1 Å². The summed E-state index contributed by atoms with van der Waals surface area (Å²) in [5, 5.41) is 6.86. The zero-order valence-corrected chi connectivity index (χ0v) is 16.3. The third-order valence-electron chi connectivity index (χ3n) is 4.49. The predicted octanol–water partition coefficient (Wildman–Crippen LogP) is 3.03. The number of hydrogen-bond donors (Lipinski definition) is 2. The molecule has 23 heavy (non-hydrogen) atoms. The Morgan fingerprint density at radius 3 is 3.00 bits per heavy atom. The zero-order chi connectivity index (χ0) is 15.5. The van der Waals surface area contributed by atoms with Crippen molar-refractivity contribution < 1.29 is 4.39 Å². The summed E-state index contributed by atoms with van der Waals surface area (Å²) in [4.78, 5) is 6.72. The highest BCUT2D eigenvalue weighted by Crippen LogP contribution is 2.36. The van der Waals surface area contributed by atoms with E-state index in [1.165, 1.54) is 0 Å². The highest BCUT2D eigenvalue weighted by atomic mass is 127. The number of rotatable bonds is 3. The van der Waals surface area contributed by atoms with Gasteiger partial charge >= 0.3 is 0 Å². The van der Waals surface area contributed by atoms with Gasteiger partial charge in [-0.15, -0.1) is 24.0 Å². The lowest BCUT2D eigenvalue weighted by Gasteiger charge is -2.27. The average molecular weight is 453 g/mol. The Bertz CT molecular complexity index is 569. The first-order valence-corrected chi connectivity index (χ1v) is 8.20. The van der Waals surface area contributed by atoms with E-state index in [2.05, 4.69) is 27.6 Å². The minimum atomic E-state index is -0.343. The summed E-state index contributed by atoms with van der Waals surface area (Å²) in [6, 6.07) is 5.36. The van der Waals surface area contributed by atoms with E-state index in [0.717, 1.165) is 50.5 Å². The van der Waals surface area contributed by atoms with Crippen LogP contribution in [0.4, 0.5) is 4.39 Å². The van der Waals surface area contributed by atoms with Crippen molar-refractivity contribution in [2.75, 3.05) is 33.2 Å². The largest absolute Gasteiger partial charge is 0.356 e. The number of hydrogen-bond acceptors (Lipinski definition) is 4. The van der Waals surface area contributed by atoms with Crippen molar-refractivity contribution in [1.82, 2.24) is 15.5 Å². The van der Waals surface area contributed by atoms with Gasteiger partial charge in [0.2, 0.25) is 0 Å². The molecule has 0 radical (unpaired) electrons. The van der Waals surface area contributed by atoms with Crippen LogP contribution >= 0.6 is 35.6 Å². The maximum Gasteiger partial charge on any atom is 0.191 e. The van der Waals surface area contributed by atoms with E-state index in [9.17, 15) is 4.39 Å². The Labute approximate surface area is 158 Å². The number of halogens is 3. The molecule has 2 unspecified atom stereocenters. The van der Waals surface area contributed by atoms with E-state index in [0.29, 0.717) is 5.92 Å². The van der Waals surface area contributed by atoms with E-state index in [1.807, 2.05) is 6.07 Å². The second kappa shape index (κ2) is 8.48. The number of nitrogens with zero attached hydrogens (tertiary/aromatic N) is 2. The first-order chi connectivity index (χ1) is 10.6. The molecule has 0 saturated carbocycles. The lowest BCUT2D eigenvalue weighted by atomic mass is 9.93. The first kappa shape index (κ1) is 18.7. The molecule has 0 bridgehead atoms. The number of benzene rings is 1. The average Bonchev–Trinajstić information content (AvgIpc) is 2.90. The molecule has 1 fully saturated rings. The van der Waals surface area contributed by atoms with Gasteiger partial charge in [-0.1, -0.05) is 17.7 Å². The molecule has 0 amide bonds. The fourth-order valence-corrected chi connectivity index (χ4v) is 3.46. The van der Waals surface area contributed by atoms with Gasteiger partial charge in [-0.3, -0.25) is 9.89 Å². The summed E-state index contributed by atoms with van der Waals surface area (Å²) >= 11 is 5.80. The highest BCUT2D eigenvalue weighted by Gasteiger charge is 2.33. The highest BCUT2D eigenvalue weighted by molar-refractivity contribution is 14.0. The van der Waals surface area contributed by atoms with Crippen LogP contribution in [0.3, 0.4) is 0 Å². The van der Waals surface area contributed by atoms with Crippen LogP contribution in [0.5, 0.6) is 0 Å². The molecule has 1 aromatic rings. The van der Waals surface area contributed by atoms with Crippen molar-refractivity contribution in [3.05, 3.63) is 34.6 Å². The van der Waals surface area contributed by atoms with Gasteiger partial charge in [-0.25, -0.2) is 4.39 Å². The molecule has 2 heterocycles. The van der Waals surface area contributed by atoms with Crippen LogP contribution in [-0.4, -0.2) is 44.1 Å². The van der Waals surface area contributed by atoms with Gasteiger partial charge in [0.15, 0.2) is 5.96 Å². The molecule has 1 saturated heterocycles. The summed E-state index contributed by atoms with van der Waals surface area (Å²) in [5.41, 5.74) is 0.993. The molecule has 2 aliphatic heterocycles. The number of aliphatic imine (C=N–C) groups is 1. The number of guanidine groups is 1. The molecule has 0 aromatic heterocycles. The SMILES string of the molecule is CN1CCC(CNC2=NCCCN2)C1c1ccc(Cl)c(F)c1.I. The van der Waals surface area contributed by atoms with Gasteiger partial charge in [-0.05, 0) is 50.0 Å². The zero-order valence-electron chi connectivity index (χ0n) is 13.2. The van der Waals surface area contributed by atoms with Crippen LogP contribution in [0.1, 0.15) is 24.4 Å². The molecular formula is C16H23ClFIN4. The summed E-state index contributed by atoms with van der Waals surface area (Å²) in [6.07, 6.45) is 2.18. The van der Waals surface area contributed by atoms with Crippen LogP contribution in [-0.2, 0) is 0 Å². The third-order valence-corrected chi connectivity index (χ3v) is 4.79. The maximum absolute atomic E-state index is 13.8.